The number of carbonyl (C=O) groups is 2. The largest absolute Gasteiger partial charge is 0.366 e. The third kappa shape index (κ3) is 4.77. The maximum Gasteiger partial charge on any atom is 0.248 e. The van der Waals surface area contributed by atoms with Crippen molar-refractivity contribution < 1.29 is 9.59 Å². The Morgan fingerprint density at radius 1 is 1.00 bits per heavy atom. The number of hydrogen-bond donors (Lipinski definition) is 3. The lowest BCUT2D eigenvalue weighted by Crippen LogP contribution is -2.15. The number of amides is 2. The number of benzene rings is 3. The van der Waals surface area contributed by atoms with Crippen molar-refractivity contribution in [3.8, 4) is 17.1 Å². The van der Waals surface area contributed by atoms with Crippen LogP contribution in [0.25, 0.3) is 28.0 Å². The van der Waals surface area contributed by atoms with E-state index < -0.39 is 5.91 Å². The van der Waals surface area contributed by atoms with Crippen molar-refractivity contribution >= 4 is 51.8 Å². The molecule has 8 nitrogen and oxygen atoms in total. The summed E-state index contributed by atoms with van der Waals surface area (Å²) in [6, 6.07) is 21.7. The van der Waals surface area contributed by atoms with E-state index in [1.54, 1.807) is 36.4 Å². The van der Waals surface area contributed by atoms with Crippen LogP contribution in [0.1, 0.15) is 10.4 Å². The van der Waals surface area contributed by atoms with Crippen LogP contribution in [0.5, 0.6) is 0 Å². The average molecular weight is 503 g/mol. The van der Waals surface area contributed by atoms with Gasteiger partial charge in [-0.05, 0) is 54.6 Å². The first-order valence-corrected chi connectivity index (χ1v) is 12.0. The highest BCUT2D eigenvalue weighted by atomic mass is 35.5. The number of aromatic amines is 1. The van der Waals surface area contributed by atoms with E-state index in [1.165, 1.54) is 11.8 Å². The minimum Gasteiger partial charge on any atom is -0.366 e. The number of halogens is 1. The van der Waals surface area contributed by atoms with Crippen LogP contribution in [-0.4, -0.2) is 37.3 Å². The zero-order chi connectivity index (χ0) is 24.4. The Labute approximate surface area is 209 Å². The number of rotatable bonds is 7. The lowest BCUT2D eigenvalue weighted by Gasteiger charge is -2.10. The van der Waals surface area contributed by atoms with Gasteiger partial charge in [-0.1, -0.05) is 41.6 Å². The molecule has 0 atom stereocenters. The molecule has 35 heavy (non-hydrogen) atoms. The van der Waals surface area contributed by atoms with E-state index in [9.17, 15) is 9.59 Å². The van der Waals surface area contributed by atoms with Gasteiger partial charge in [-0.2, -0.15) is 0 Å². The molecule has 5 rings (SSSR count). The van der Waals surface area contributed by atoms with E-state index >= 15 is 0 Å². The Bertz CT molecular complexity index is 1530. The van der Waals surface area contributed by atoms with Gasteiger partial charge in [0.2, 0.25) is 11.8 Å². The first-order chi connectivity index (χ1) is 17.0. The molecule has 4 N–H and O–H groups in total. The molecule has 0 spiro atoms. The van der Waals surface area contributed by atoms with Crippen LogP contribution in [0.3, 0.4) is 0 Å². The number of carbonyl (C=O) groups excluding carboxylic acids is 2. The Kier molecular flexibility index (Phi) is 6.26. The second-order valence-electron chi connectivity index (χ2n) is 7.64. The molecule has 0 aliphatic rings. The van der Waals surface area contributed by atoms with Gasteiger partial charge in [0.05, 0.1) is 5.75 Å². The fourth-order valence-electron chi connectivity index (χ4n) is 3.66. The monoisotopic (exact) mass is 502 g/mol. The Morgan fingerprint density at radius 2 is 1.74 bits per heavy atom. The van der Waals surface area contributed by atoms with Gasteiger partial charge >= 0.3 is 0 Å². The standard InChI is InChI=1S/C25H19ClN6O2S/c26-16-7-11-18(12-8-16)32-24(20-13-28-21-4-2-1-3-19(20)21)30-31-25(32)35-14-22(33)29-17-9-5-15(6-10-17)23(27)34/h1-13,28H,14H2,(H2,27,34)(H,29,33). The molecule has 0 aliphatic heterocycles. The first kappa shape index (κ1) is 22.7. The normalized spacial score (nSPS) is 11.0. The van der Waals surface area contributed by atoms with Crippen LogP contribution < -0.4 is 11.1 Å². The smallest absolute Gasteiger partial charge is 0.248 e. The molecule has 10 heteroatoms. The topological polar surface area (TPSA) is 119 Å². The molecule has 0 aliphatic carbocycles. The number of thioether (sulfide) groups is 1. The van der Waals surface area contributed by atoms with E-state index in [0.717, 1.165) is 22.2 Å². The van der Waals surface area contributed by atoms with Gasteiger partial charge in [-0.15, -0.1) is 10.2 Å². The van der Waals surface area contributed by atoms with Crippen molar-refractivity contribution in [1.82, 2.24) is 19.7 Å². The summed E-state index contributed by atoms with van der Waals surface area (Å²) in [6.07, 6.45) is 1.90. The molecular weight excluding hydrogens is 484 g/mol. The molecule has 3 aromatic carbocycles. The molecule has 0 unspecified atom stereocenters. The van der Waals surface area contributed by atoms with Crippen LogP contribution in [0.4, 0.5) is 5.69 Å². The fourth-order valence-corrected chi connectivity index (χ4v) is 4.54. The highest BCUT2D eigenvalue weighted by Crippen LogP contribution is 2.32. The van der Waals surface area contributed by atoms with Gasteiger partial charge in [-0.3, -0.25) is 14.2 Å². The Hall–Kier alpha value is -4.08. The summed E-state index contributed by atoms with van der Waals surface area (Å²) in [5.41, 5.74) is 8.91. The number of H-pyrrole nitrogens is 1. The molecule has 5 aromatic rings. The zero-order valence-electron chi connectivity index (χ0n) is 18.2. The quantitative estimate of drug-likeness (QED) is 0.273. The lowest BCUT2D eigenvalue weighted by atomic mass is 10.1. The van der Waals surface area contributed by atoms with Crippen LogP contribution in [0.2, 0.25) is 5.02 Å². The maximum atomic E-state index is 12.6. The number of para-hydroxylation sites is 1. The van der Waals surface area contributed by atoms with Crippen molar-refractivity contribution in [2.75, 3.05) is 11.1 Å². The number of nitrogens with zero attached hydrogens (tertiary/aromatic N) is 3. The van der Waals surface area contributed by atoms with Gasteiger partial charge in [0.15, 0.2) is 11.0 Å². The molecule has 174 valence electrons. The number of nitrogens with one attached hydrogen (secondary N) is 2. The Morgan fingerprint density at radius 3 is 2.49 bits per heavy atom. The van der Waals surface area contributed by atoms with Crippen molar-refractivity contribution in [3.05, 3.63) is 89.6 Å². The maximum absolute atomic E-state index is 12.6. The van der Waals surface area contributed by atoms with E-state index in [0.29, 0.717) is 27.3 Å². The minimum atomic E-state index is -0.522. The summed E-state index contributed by atoms with van der Waals surface area (Å²) in [6.45, 7) is 0. The predicted molar refractivity (Wildman–Crippen MR) is 138 cm³/mol. The number of primary amides is 1. The minimum absolute atomic E-state index is 0.108. The number of hydrogen-bond acceptors (Lipinski definition) is 5. The van der Waals surface area contributed by atoms with E-state index in [1.807, 2.05) is 47.2 Å². The molecule has 2 aromatic heterocycles. The van der Waals surface area contributed by atoms with Gasteiger partial charge in [-0.25, -0.2) is 0 Å². The van der Waals surface area contributed by atoms with E-state index in [2.05, 4.69) is 20.5 Å². The van der Waals surface area contributed by atoms with Gasteiger partial charge in [0, 0.05) is 44.6 Å². The summed E-state index contributed by atoms with van der Waals surface area (Å²) in [7, 11) is 0. The van der Waals surface area contributed by atoms with Crippen LogP contribution in [0.15, 0.2) is 84.1 Å². The first-order valence-electron chi connectivity index (χ1n) is 10.6. The summed E-state index contributed by atoms with van der Waals surface area (Å²) < 4.78 is 1.91. The zero-order valence-corrected chi connectivity index (χ0v) is 19.8. The second kappa shape index (κ2) is 9.65. The number of aromatic nitrogens is 4. The summed E-state index contributed by atoms with van der Waals surface area (Å²) in [4.78, 5) is 27.1. The molecule has 0 radical (unpaired) electrons. The van der Waals surface area contributed by atoms with Crippen molar-refractivity contribution in [2.24, 2.45) is 5.73 Å². The molecule has 0 fully saturated rings. The van der Waals surface area contributed by atoms with E-state index in [-0.39, 0.29) is 11.7 Å². The van der Waals surface area contributed by atoms with Crippen LogP contribution in [0, 0.1) is 0 Å². The van der Waals surface area contributed by atoms with Gasteiger partial charge < -0.3 is 16.0 Å². The van der Waals surface area contributed by atoms with E-state index in [4.69, 9.17) is 17.3 Å². The van der Waals surface area contributed by atoms with Crippen LogP contribution in [-0.2, 0) is 4.79 Å². The molecular formula is C25H19ClN6O2S. The summed E-state index contributed by atoms with van der Waals surface area (Å²) in [5, 5.41) is 13.9. The van der Waals surface area contributed by atoms with Crippen LogP contribution >= 0.6 is 23.4 Å². The SMILES string of the molecule is NC(=O)c1ccc(NC(=O)CSc2nnc(-c3c[nH]c4ccccc34)n2-c2ccc(Cl)cc2)cc1. The second-order valence-corrected chi connectivity index (χ2v) is 9.02. The third-order valence-corrected chi connectivity index (χ3v) is 6.51. The molecule has 0 bridgehead atoms. The predicted octanol–water partition coefficient (Wildman–Crippen LogP) is 4.90. The lowest BCUT2D eigenvalue weighted by molar-refractivity contribution is -0.113. The van der Waals surface area contributed by atoms with Crippen molar-refractivity contribution in [2.45, 2.75) is 5.16 Å². The number of fused-ring (bicyclic) bond motifs is 1. The van der Waals surface area contributed by atoms with Crippen molar-refractivity contribution in [3.63, 3.8) is 0 Å². The average Bonchev–Trinajstić information content (AvgIpc) is 3.47. The number of anilines is 1. The van der Waals surface area contributed by atoms with Crippen molar-refractivity contribution in [1.29, 1.82) is 0 Å². The number of nitrogens with two attached hydrogens (primary N) is 1. The third-order valence-electron chi connectivity index (χ3n) is 5.33. The highest BCUT2D eigenvalue weighted by molar-refractivity contribution is 7.99. The fraction of sp³-hybridized carbons (Fsp3) is 0.0400. The molecule has 2 heterocycles. The highest BCUT2D eigenvalue weighted by Gasteiger charge is 2.20. The molecule has 0 saturated heterocycles. The molecule has 2 amide bonds. The van der Waals surface area contributed by atoms with Gasteiger partial charge in [0.25, 0.3) is 0 Å². The summed E-state index contributed by atoms with van der Waals surface area (Å²) in [5.74, 6) is 0.0128. The summed E-state index contributed by atoms with van der Waals surface area (Å²) >= 11 is 7.37. The van der Waals surface area contributed by atoms with Gasteiger partial charge in [0.1, 0.15) is 0 Å². The molecule has 0 saturated carbocycles. The Balaban J connectivity index is 1.42.